The molecule has 0 saturated heterocycles. The highest BCUT2D eigenvalue weighted by Crippen LogP contribution is 2.26. The maximum absolute atomic E-state index is 13.4. The molecule has 0 radical (unpaired) electrons. The van der Waals surface area contributed by atoms with Gasteiger partial charge in [-0.3, -0.25) is 14.4 Å². The molecule has 0 aromatic heterocycles. The van der Waals surface area contributed by atoms with Crippen molar-refractivity contribution in [3.8, 4) is 5.75 Å². The number of hydrogen-bond acceptors (Lipinski definition) is 7. The first-order valence-electron chi connectivity index (χ1n) is 23.1. The van der Waals surface area contributed by atoms with Gasteiger partial charge in [-0.25, -0.2) is 4.79 Å². The Balaban J connectivity index is 2.65. The first kappa shape index (κ1) is 52.8. The fourth-order valence-corrected chi connectivity index (χ4v) is 6.29. The lowest BCUT2D eigenvalue weighted by Gasteiger charge is -2.16. The van der Waals surface area contributed by atoms with Gasteiger partial charge < -0.3 is 19.5 Å². The van der Waals surface area contributed by atoms with E-state index in [4.69, 9.17) is 14.2 Å². The molecule has 1 aromatic carbocycles. The fraction of sp³-hybridized carbons (Fsp3) is 0.608. The van der Waals surface area contributed by atoms with Crippen LogP contribution in [0.4, 0.5) is 5.69 Å². The number of carbonyl (C=O) groups is 4. The van der Waals surface area contributed by atoms with E-state index in [0.717, 1.165) is 83.5 Å². The normalized spacial score (nSPS) is 12.3. The largest absolute Gasteiger partial charge is 0.426 e. The molecule has 0 aliphatic carbocycles. The Labute approximate surface area is 358 Å². The second-order valence-corrected chi connectivity index (χ2v) is 15.2. The summed E-state index contributed by atoms with van der Waals surface area (Å²) in [5.41, 5.74) is 0.343. The van der Waals surface area contributed by atoms with Crippen molar-refractivity contribution in [3.05, 3.63) is 84.5 Å². The van der Waals surface area contributed by atoms with Gasteiger partial charge in [0.05, 0.1) is 0 Å². The lowest BCUT2D eigenvalue weighted by molar-refractivity contribution is -0.165. The number of ether oxygens (including phenoxy) is 3. The first-order chi connectivity index (χ1) is 28.8. The Morgan fingerprint density at radius 3 is 1.54 bits per heavy atom. The number of esters is 3. The second kappa shape index (κ2) is 38.0. The fourth-order valence-electron chi connectivity index (χ4n) is 6.29. The van der Waals surface area contributed by atoms with Crippen LogP contribution in [-0.2, 0) is 23.9 Å². The molecule has 1 rings (SSSR count). The van der Waals surface area contributed by atoms with Crippen LogP contribution in [0.2, 0.25) is 0 Å². The van der Waals surface area contributed by atoms with E-state index in [9.17, 15) is 19.2 Å². The molecule has 0 fully saturated rings. The Bertz CT molecular complexity index is 1420. The molecule has 1 atom stereocenters. The van der Waals surface area contributed by atoms with Gasteiger partial charge in [0, 0.05) is 31.9 Å². The van der Waals surface area contributed by atoms with E-state index in [0.29, 0.717) is 31.4 Å². The van der Waals surface area contributed by atoms with E-state index < -0.39 is 24.2 Å². The van der Waals surface area contributed by atoms with Crippen LogP contribution < -0.4 is 10.1 Å². The third kappa shape index (κ3) is 31.4. The highest BCUT2D eigenvalue weighted by molar-refractivity contribution is 5.97. The molecule has 1 aromatic rings. The zero-order chi connectivity index (χ0) is 43.0. The predicted octanol–water partition coefficient (Wildman–Crippen LogP) is 14.6. The molecule has 0 heterocycles. The maximum Gasteiger partial charge on any atom is 0.345 e. The number of hydrogen-bond donors (Lipinski definition) is 1. The maximum atomic E-state index is 13.4. The van der Waals surface area contributed by atoms with Crippen molar-refractivity contribution in [1.82, 2.24) is 0 Å². The summed E-state index contributed by atoms with van der Waals surface area (Å²) in [5, 5.41) is 2.85. The molecule has 0 bridgehead atoms. The van der Waals surface area contributed by atoms with Gasteiger partial charge >= 0.3 is 17.9 Å². The van der Waals surface area contributed by atoms with E-state index in [2.05, 4.69) is 86.8 Å². The number of rotatable bonds is 36. The second-order valence-electron chi connectivity index (χ2n) is 15.2. The summed E-state index contributed by atoms with van der Waals surface area (Å²) >= 11 is 0. The Hall–Kier alpha value is -4.20. The minimum absolute atomic E-state index is 0.0312. The lowest BCUT2D eigenvalue weighted by Crippen LogP contribution is -2.22. The highest BCUT2D eigenvalue weighted by atomic mass is 16.7. The van der Waals surface area contributed by atoms with Gasteiger partial charge in [0.15, 0.2) is 0 Å². The van der Waals surface area contributed by atoms with Crippen molar-refractivity contribution >= 4 is 29.5 Å². The van der Waals surface area contributed by atoms with Gasteiger partial charge in [-0.1, -0.05) is 171 Å². The topological polar surface area (TPSA) is 108 Å². The molecule has 330 valence electrons. The zero-order valence-electron chi connectivity index (χ0n) is 37.3. The molecule has 1 N–H and O–H groups in total. The summed E-state index contributed by atoms with van der Waals surface area (Å²) < 4.78 is 16.5. The first-order valence-corrected chi connectivity index (χ1v) is 23.1. The molecule has 8 heteroatoms. The molecule has 59 heavy (non-hydrogen) atoms. The van der Waals surface area contributed by atoms with Crippen LogP contribution in [0.1, 0.15) is 205 Å². The van der Waals surface area contributed by atoms with Crippen molar-refractivity contribution < 1.29 is 33.4 Å². The Kier molecular flexibility index (Phi) is 34.0. The molecule has 0 spiro atoms. The van der Waals surface area contributed by atoms with Crippen LogP contribution in [0.3, 0.4) is 0 Å². The summed E-state index contributed by atoms with van der Waals surface area (Å²) in [6, 6.07) is 4.54. The number of carbonyl (C=O) groups excluding carboxylic acids is 4. The van der Waals surface area contributed by atoms with Gasteiger partial charge in [0.25, 0.3) is 0 Å². The molecule has 1 unspecified atom stereocenters. The molecule has 0 aliphatic heterocycles. The molecule has 0 aliphatic rings. The van der Waals surface area contributed by atoms with Crippen LogP contribution in [0.25, 0.3) is 0 Å². The molecular weight excluding hydrogens is 739 g/mol. The quantitative estimate of drug-likeness (QED) is 0.0236. The summed E-state index contributed by atoms with van der Waals surface area (Å²) in [6.45, 7) is 7.99. The minimum Gasteiger partial charge on any atom is -0.426 e. The van der Waals surface area contributed by atoms with Crippen LogP contribution in [-0.4, -0.2) is 30.1 Å². The van der Waals surface area contributed by atoms with Crippen molar-refractivity contribution in [3.63, 3.8) is 0 Å². The lowest BCUT2D eigenvalue weighted by atomic mass is 10.1. The molecule has 1 amide bonds. The zero-order valence-corrected chi connectivity index (χ0v) is 37.3. The van der Waals surface area contributed by atoms with Gasteiger partial charge in [-0.05, 0) is 76.0 Å². The van der Waals surface area contributed by atoms with Gasteiger partial charge in [-0.2, -0.15) is 0 Å². The standard InChI is InChI=1S/C51H79NO7/c1-5-8-11-14-16-18-20-21-22-23-24-25-27-28-30-33-35-38-48(53)52-45-41-42-47(59-50(55)40-37-34-31-29-26-19-17-15-12-9-6-2)46(43-45)51(56)58-44(4)57-49(54)39-36-32-13-10-7-3/h8,11,16,18,21-22,24-25,28,30,41-44H,5-7,9-10,12-15,17,19-20,23,26-27,29,31-40H2,1-4H3,(H,52,53)/b11-8-,18-16-,22-21-,25-24-,30-28-. The van der Waals surface area contributed by atoms with Crippen molar-refractivity contribution in [2.45, 2.75) is 201 Å². The minimum atomic E-state index is -1.14. The molecule has 0 saturated carbocycles. The smallest absolute Gasteiger partial charge is 0.345 e. The number of allylic oxidation sites excluding steroid dienone is 10. The third-order valence-corrected chi connectivity index (χ3v) is 9.68. The summed E-state index contributed by atoms with van der Waals surface area (Å²) in [4.78, 5) is 51.4. The highest BCUT2D eigenvalue weighted by Gasteiger charge is 2.22. The van der Waals surface area contributed by atoms with Crippen molar-refractivity contribution in [1.29, 1.82) is 0 Å². The van der Waals surface area contributed by atoms with Crippen LogP contribution >= 0.6 is 0 Å². The van der Waals surface area contributed by atoms with E-state index in [1.165, 1.54) is 64.0 Å². The SMILES string of the molecule is CC/C=C\C/C=C\C/C=C\C/C=C\C/C=C\CCCC(=O)Nc1ccc(OC(=O)CCCCCCCCCCCCC)c(C(=O)OC(C)OC(=O)CCCCCCC)c1. The number of unbranched alkanes of at least 4 members (excludes halogenated alkanes) is 15. The van der Waals surface area contributed by atoms with Gasteiger partial charge in [0.1, 0.15) is 11.3 Å². The number of anilines is 1. The van der Waals surface area contributed by atoms with Crippen molar-refractivity contribution in [2.75, 3.05) is 5.32 Å². The Morgan fingerprint density at radius 1 is 0.542 bits per heavy atom. The van der Waals surface area contributed by atoms with Crippen LogP contribution in [0.5, 0.6) is 5.75 Å². The monoisotopic (exact) mass is 818 g/mol. The average molecular weight is 818 g/mol. The van der Waals surface area contributed by atoms with Gasteiger partial charge in [0.2, 0.25) is 12.2 Å². The van der Waals surface area contributed by atoms with Crippen LogP contribution in [0.15, 0.2) is 79.0 Å². The van der Waals surface area contributed by atoms with E-state index in [1.807, 2.05) is 0 Å². The Morgan fingerprint density at radius 2 is 1.02 bits per heavy atom. The number of amides is 1. The summed E-state index contributed by atoms with van der Waals surface area (Å²) in [5.74, 6) is -1.86. The van der Waals surface area contributed by atoms with Gasteiger partial charge in [-0.15, -0.1) is 0 Å². The van der Waals surface area contributed by atoms with E-state index >= 15 is 0 Å². The summed E-state index contributed by atoms with van der Waals surface area (Å²) in [7, 11) is 0. The number of nitrogens with one attached hydrogen (secondary N) is 1. The van der Waals surface area contributed by atoms with Crippen molar-refractivity contribution in [2.24, 2.45) is 0 Å². The average Bonchev–Trinajstić information content (AvgIpc) is 3.21. The number of benzene rings is 1. The molecular formula is C51H79NO7. The predicted molar refractivity (Wildman–Crippen MR) is 244 cm³/mol. The van der Waals surface area contributed by atoms with E-state index in [1.54, 1.807) is 6.07 Å². The third-order valence-electron chi connectivity index (χ3n) is 9.68. The molecule has 8 nitrogen and oxygen atoms in total. The van der Waals surface area contributed by atoms with E-state index in [-0.39, 0.29) is 30.1 Å². The van der Waals surface area contributed by atoms with Crippen LogP contribution in [0, 0.1) is 0 Å². The summed E-state index contributed by atoms with van der Waals surface area (Å²) in [6.07, 6.45) is 45.3.